The van der Waals surface area contributed by atoms with Crippen LogP contribution in [0.5, 0.6) is 5.75 Å². The number of ether oxygens (including phenoxy) is 1. The van der Waals surface area contributed by atoms with Gasteiger partial charge in [0, 0.05) is 0 Å². The number of nitrogens with one attached hydrogen (secondary N) is 1. The number of carbonyl (C=O) groups is 1. The van der Waals surface area contributed by atoms with E-state index in [-0.39, 0.29) is 5.75 Å². The number of aryl methyl sites for hydroxylation is 1. The lowest BCUT2D eigenvalue weighted by molar-refractivity contribution is 0.161. The lowest BCUT2D eigenvalue weighted by Crippen LogP contribution is -2.14. The van der Waals surface area contributed by atoms with E-state index in [1.807, 2.05) is 13.8 Å². The Bertz CT molecular complexity index is 350. The first-order chi connectivity index (χ1) is 7.13. The summed E-state index contributed by atoms with van der Waals surface area (Å²) in [6, 6.07) is 4.98. The van der Waals surface area contributed by atoms with Crippen molar-refractivity contribution in [3.05, 3.63) is 23.8 Å². The number of phenolic OH excluding ortho intramolecular Hbond substituents is 1. The molecule has 0 unspecified atom stereocenters. The summed E-state index contributed by atoms with van der Waals surface area (Å²) in [6.07, 6.45) is 0.227. The lowest BCUT2D eigenvalue weighted by Gasteiger charge is -2.08. The Balaban J connectivity index is 2.63. The Hall–Kier alpha value is -1.71. The Kier molecular flexibility index (Phi) is 3.97. The molecule has 0 atom stereocenters. The molecular weight excluding hydrogens is 194 g/mol. The third kappa shape index (κ3) is 3.50. The maximum atomic E-state index is 11.2. The smallest absolute Gasteiger partial charge is 0.411 e. The number of anilines is 1. The van der Waals surface area contributed by atoms with E-state index in [1.165, 1.54) is 6.07 Å². The third-order valence-corrected chi connectivity index (χ3v) is 1.83. The largest absolute Gasteiger partial charge is 0.506 e. The van der Waals surface area contributed by atoms with Crippen LogP contribution >= 0.6 is 0 Å². The summed E-state index contributed by atoms with van der Waals surface area (Å²) in [5.74, 6) is 0.0362. The van der Waals surface area contributed by atoms with Gasteiger partial charge in [-0.1, -0.05) is 13.0 Å². The highest BCUT2D eigenvalue weighted by Crippen LogP contribution is 2.23. The second kappa shape index (κ2) is 5.24. The van der Waals surface area contributed by atoms with E-state index >= 15 is 0 Å². The van der Waals surface area contributed by atoms with E-state index in [9.17, 15) is 9.90 Å². The molecule has 1 rings (SSSR count). The molecule has 4 heteroatoms. The van der Waals surface area contributed by atoms with E-state index in [0.717, 1.165) is 12.0 Å². The first-order valence-electron chi connectivity index (χ1n) is 4.87. The monoisotopic (exact) mass is 209 g/mol. The van der Waals surface area contributed by atoms with Gasteiger partial charge in [0.25, 0.3) is 0 Å². The van der Waals surface area contributed by atoms with Crippen LogP contribution in [0.25, 0.3) is 0 Å². The van der Waals surface area contributed by atoms with Crippen molar-refractivity contribution in [2.45, 2.75) is 20.3 Å². The molecule has 0 aliphatic carbocycles. The maximum Gasteiger partial charge on any atom is 0.411 e. The summed E-state index contributed by atoms with van der Waals surface area (Å²) in [7, 11) is 0. The number of benzene rings is 1. The molecule has 0 saturated heterocycles. The van der Waals surface area contributed by atoms with Crippen molar-refractivity contribution in [2.24, 2.45) is 0 Å². The fourth-order valence-corrected chi connectivity index (χ4v) is 1.09. The van der Waals surface area contributed by atoms with Gasteiger partial charge in [-0.2, -0.15) is 0 Å². The molecule has 1 amide bonds. The van der Waals surface area contributed by atoms with Gasteiger partial charge in [-0.15, -0.1) is 0 Å². The number of hydrogen-bond acceptors (Lipinski definition) is 3. The van der Waals surface area contributed by atoms with Crippen LogP contribution in [0.4, 0.5) is 10.5 Å². The summed E-state index contributed by atoms with van der Waals surface area (Å²) < 4.78 is 4.83. The summed E-state index contributed by atoms with van der Waals surface area (Å²) in [5, 5.41) is 11.9. The molecule has 0 saturated carbocycles. The number of phenols is 1. The topological polar surface area (TPSA) is 58.6 Å². The van der Waals surface area contributed by atoms with Crippen molar-refractivity contribution in [1.82, 2.24) is 0 Å². The molecule has 0 spiro atoms. The molecule has 1 aromatic carbocycles. The molecule has 15 heavy (non-hydrogen) atoms. The third-order valence-electron chi connectivity index (χ3n) is 1.83. The molecule has 0 aliphatic rings. The van der Waals surface area contributed by atoms with E-state index in [1.54, 1.807) is 12.1 Å². The lowest BCUT2D eigenvalue weighted by atomic mass is 10.2. The van der Waals surface area contributed by atoms with Crippen LogP contribution in [0.15, 0.2) is 18.2 Å². The minimum Gasteiger partial charge on any atom is -0.506 e. The number of rotatable bonds is 3. The molecule has 1 aromatic rings. The molecule has 4 nitrogen and oxygen atoms in total. The van der Waals surface area contributed by atoms with Crippen molar-refractivity contribution in [3.63, 3.8) is 0 Å². The normalized spacial score (nSPS) is 9.73. The summed E-state index contributed by atoms with van der Waals surface area (Å²) >= 11 is 0. The van der Waals surface area contributed by atoms with Crippen molar-refractivity contribution in [1.29, 1.82) is 0 Å². The van der Waals surface area contributed by atoms with Crippen molar-refractivity contribution >= 4 is 11.8 Å². The van der Waals surface area contributed by atoms with Crippen LogP contribution in [-0.2, 0) is 4.74 Å². The molecule has 2 N–H and O–H groups in total. The van der Waals surface area contributed by atoms with E-state index in [0.29, 0.717) is 12.3 Å². The first-order valence-corrected chi connectivity index (χ1v) is 4.87. The zero-order valence-electron chi connectivity index (χ0n) is 8.91. The predicted octanol–water partition coefficient (Wildman–Crippen LogP) is 2.66. The summed E-state index contributed by atoms with van der Waals surface area (Å²) in [5.41, 5.74) is 1.33. The summed E-state index contributed by atoms with van der Waals surface area (Å²) in [6.45, 7) is 4.16. The van der Waals surface area contributed by atoms with Gasteiger partial charge >= 0.3 is 6.09 Å². The molecule has 0 heterocycles. The number of amides is 1. The number of hydrogen-bond donors (Lipinski definition) is 2. The zero-order chi connectivity index (χ0) is 11.3. The minimum atomic E-state index is -0.544. The van der Waals surface area contributed by atoms with Gasteiger partial charge in [-0.25, -0.2) is 4.79 Å². The van der Waals surface area contributed by atoms with Crippen LogP contribution in [0, 0.1) is 6.92 Å². The SMILES string of the molecule is CCCOC(=O)Nc1cc(C)ccc1O. The van der Waals surface area contributed by atoms with Gasteiger partial charge in [0.15, 0.2) is 0 Å². The van der Waals surface area contributed by atoms with Gasteiger partial charge in [0.05, 0.1) is 12.3 Å². The fraction of sp³-hybridized carbons (Fsp3) is 0.364. The molecule has 0 fully saturated rings. The van der Waals surface area contributed by atoms with Crippen molar-refractivity contribution in [2.75, 3.05) is 11.9 Å². The first kappa shape index (κ1) is 11.4. The fourth-order valence-electron chi connectivity index (χ4n) is 1.09. The quantitative estimate of drug-likeness (QED) is 0.752. The average Bonchev–Trinajstić information content (AvgIpc) is 2.20. The Morgan fingerprint density at radius 2 is 2.27 bits per heavy atom. The molecule has 82 valence electrons. The predicted molar refractivity (Wildman–Crippen MR) is 58.1 cm³/mol. The Labute approximate surface area is 88.9 Å². The number of carbonyl (C=O) groups excluding carboxylic acids is 1. The summed E-state index contributed by atoms with van der Waals surface area (Å²) in [4.78, 5) is 11.2. The molecule has 0 radical (unpaired) electrons. The van der Waals surface area contributed by atoms with Gasteiger partial charge in [-0.05, 0) is 31.0 Å². The van der Waals surface area contributed by atoms with Crippen LogP contribution in [0.3, 0.4) is 0 Å². The van der Waals surface area contributed by atoms with Crippen molar-refractivity contribution in [3.8, 4) is 5.75 Å². The van der Waals surface area contributed by atoms with Crippen molar-refractivity contribution < 1.29 is 14.6 Å². The van der Waals surface area contributed by atoms with Crippen LogP contribution in [0.2, 0.25) is 0 Å². The van der Waals surface area contributed by atoms with Crippen LogP contribution in [0.1, 0.15) is 18.9 Å². The Morgan fingerprint density at radius 1 is 1.53 bits per heavy atom. The van der Waals surface area contributed by atoms with Gasteiger partial charge in [0.1, 0.15) is 5.75 Å². The molecule has 0 bridgehead atoms. The average molecular weight is 209 g/mol. The maximum absolute atomic E-state index is 11.2. The van der Waals surface area contributed by atoms with Gasteiger partial charge in [0.2, 0.25) is 0 Å². The second-order valence-corrected chi connectivity index (χ2v) is 3.28. The van der Waals surface area contributed by atoms with Gasteiger partial charge in [-0.3, -0.25) is 5.32 Å². The highest BCUT2D eigenvalue weighted by Gasteiger charge is 2.06. The van der Waals surface area contributed by atoms with E-state index in [4.69, 9.17) is 4.74 Å². The molecule has 0 aromatic heterocycles. The molecular formula is C11H15NO3. The van der Waals surface area contributed by atoms with E-state index in [2.05, 4.69) is 5.32 Å². The van der Waals surface area contributed by atoms with Gasteiger partial charge < -0.3 is 9.84 Å². The minimum absolute atomic E-state index is 0.0362. The van der Waals surface area contributed by atoms with Crippen LogP contribution in [-0.4, -0.2) is 17.8 Å². The highest BCUT2D eigenvalue weighted by atomic mass is 16.5. The second-order valence-electron chi connectivity index (χ2n) is 3.28. The zero-order valence-corrected chi connectivity index (χ0v) is 8.91. The molecule has 0 aliphatic heterocycles. The standard InChI is InChI=1S/C11H15NO3/c1-3-6-15-11(14)12-9-7-8(2)4-5-10(9)13/h4-5,7,13H,3,6H2,1-2H3,(H,12,14). The highest BCUT2D eigenvalue weighted by molar-refractivity contribution is 5.86. The Morgan fingerprint density at radius 3 is 2.93 bits per heavy atom. The number of aromatic hydroxyl groups is 1. The van der Waals surface area contributed by atoms with E-state index < -0.39 is 6.09 Å². The van der Waals surface area contributed by atoms with Crippen LogP contribution < -0.4 is 5.32 Å².